The van der Waals surface area contributed by atoms with Crippen molar-refractivity contribution in [1.29, 1.82) is 0 Å². The Kier molecular flexibility index (Phi) is 5.31. The van der Waals surface area contributed by atoms with Gasteiger partial charge in [-0.15, -0.1) is 10.2 Å². The monoisotopic (exact) mass is 308 g/mol. The number of alkyl halides is 3. The molecule has 1 aliphatic rings. The Labute approximate surface area is 121 Å². The number of aromatic nitrogens is 3. The molecular formula is C12H19F3N4S. The molecule has 0 aromatic carbocycles. The topological polar surface area (TPSA) is 34.0 Å². The van der Waals surface area contributed by atoms with Crippen LogP contribution in [0.4, 0.5) is 13.2 Å². The van der Waals surface area contributed by atoms with Gasteiger partial charge in [0.05, 0.1) is 6.54 Å². The second kappa shape index (κ2) is 6.80. The molecule has 1 aliphatic heterocycles. The Bertz CT molecular complexity index is 433. The largest absolute Gasteiger partial charge is 0.451 e. The van der Waals surface area contributed by atoms with Crippen molar-refractivity contribution in [2.24, 2.45) is 0 Å². The zero-order chi connectivity index (χ0) is 14.6. The average molecular weight is 308 g/mol. The van der Waals surface area contributed by atoms with Crippen LogP contribution in [0.15, 0.2) is 0 Å². The summed E-state index contributed by atoms with van der Waals surface area (Å²) in [5.74, 6) is 0.451. The van der Waals surface area contributed by atoms with Crippen LogP contribution < -0.4 is 0 Å². The molecule has 0 saturated carbocycles. The van der Waals surface area contributed by atoms with Crippen molar-refractivity contribution in [2.45, 2.75) is 44.9 Å². The minimum Gasteiger partial charge on any atom is -0.305 e. The smallest absolute Gasteiger partial charge is 0.305 e. The van der Waals surface area contributed by atoms with Gasteiger partial charge in [0.25, 0.3) is 0 Å². The number of unbranched alkanes of at least 4 members (excludes halogenated alkanes) is 3. The summed E-state index contributed by atoms with van der Waals surface area (Å²) < 4.78 is 39.2. The summed E-state index contributed by atoms with van der Waals surface area (Å²) in [5, 5.41) is 6.95. The Hall–Kier alpha value is -0.760. The van der Waals surface area contributed by atoms with Gasteiger partial charge in [0.2, 0.25) is 5.82 Å². The lowest BCUT2D eigenvalue weighted by molar-refractivity contribution is -0.148. The van der Waals surface area contributed by atoms with Gasteiger partial charge >= 0.3 is 6.18 Å². The SMILES string of the molecule is FC(F)(F)c1nnc2n1CCN(CCCCCCS)C2. The van der Waals surface area contributed by atoms with E-state index in [0.29, 0.717) is 25.5 Å². The minimum absolute atomic E-state index is 0.313. The molecule has 2 heterocycles. The molecule has 0 bridgehead atoms. The Balaban J connectivity index is 1.84. The van der Waals surface area contributed by atoms with Crippen LogP contribution in [0.3, 0.4) is 0 Å². The first-order valence-corrected chi connectivity index (χ1v) is 7.48. The first-order valence-electron chi connectivity index (χ1n) is 6.85. The van der Waals surface area contributed by atoms with Gasteiger partial charge < -0.3 is 4.57 Å². The number of fused-ring (bicyclic) bond motifs is 1. The number of hydrogen-bond acceptors (Lipinski definition) is 4. The van der Waals surface area contributed by atoms with Crippen LogP contribution in [0.1, 0.15) is 37.3 Å². The van der Waals surface area contributed by atoms with E-state index in [1.54, 1.807) is 0 Å². The van der Waals surface area contributed by atoms with Crippen molar-refractivity contribution < 1.29 is 13.2 Å². The first kappa shape index (κ1) is 15.6. The highest BCUT2D eigenvalue weighted by atomic mass is 32.1. The second-order valence-electron chi connectivity index (χ2n) is 5.00. The van der Waals surface area contributed by atoms with E-state index >= 15 is 0 Å². The van der Waals surface area contributed by atoms with Crippen LogP contribution in [-0.2, 0) is 19.3 Å². The summed E-state index contributed by atoms with van der Waals surface area (Å²) in [6.45, 7) is 2.30. The van der Waals surface area contributed by atoms with Gasteiger partial charge in [0, 0.05) is 13.1 Å². The van der Waals surface area contributed by atoms with Gasteiger partial charge in [-0.05, 0) is 25.1 Å². The van der Waals surface area contributed by atoms with Crippen LogP contribution in [0.25, 0.3) is 0 Å². The van der Waals surface area contributed by atoms with Crippen LogP contribution in [0.2, 0.25) is 0 Å². The molecule has 0 unspecified atom stereocenters. The van der Waals surface area contributed by atoms with Gasteiger partial charge in [0.1, 0.15) is 5.82 Å². The van der Waals surface area contributed by atoms with Gasteiger partial charge in [-0.3, -0.25) is 4.90 Å². The standard InChI is InChI=1S/C12H19F3N4S/c13-12(14,15)11-17-16-10-9-18(6-7-19(10)11)5-3-1-2-4-8-20/h20H,1-9H2. The zero-order valence-corrected chi connectivity index (χ0v) is 12.1. The van der Waals surface area contributed by atoms with E-state index in [4.69, 9.17) is 0 Å². The highest BCUT2D eigenvalue weighted by Gasteiger charge is 2.39. The Morgan fingerprint density at radius 1 is 1.05 bits per heavy atom. The summed E-state index contributed by atoms with van der Waals surface area (Å²) in [5.41, 5.74) is 0. The highest BCUT2D eigenvalue weighted by Crippen LogP contribution is 2.29. The van der Waals surface area contributed by atoms with E-state index < -0.39 is 12.0 Å². The normalized spacial score (nSPS) is 16.4. The predicted octanol–water partition coefficient (Wildman–Crippen LogP) is 2.60. The molecule has 0 spiro atoms. The van der Waals surface area contributed by atoms with Gasteiger partial charge in [-0.25, -0.2) is 0 Å². The molecule has 0 amide bonds. The van der Waals surface area contributed by atoms with E-state index in [2.05, 4.69) is 27.7 Å². The predicted molar refractivity (Wildman–Crippen MR) is 72.6 cm³/mol. The zero-order valence-electron chi connectivity index (χ0n) is 11.2. The number of halogens is 3. The van der Waals surface area contributed by atoms with E-state index in [1.165, 1.54) is 4.57 Å². The molecule has 20 heavy (non-hydrogen) atoms. The van der Waals surface area contributed by atoms with Crippen LogP contribution >= 0.6 is 12.6 Å². The Morgan fingerprint density at radius 3 is 2.50 bits per heavy atom. The van der Waals surface area contributed by atoms with Crippen molar-refractivity contribution >= 4 is 12.6 Å². The molecule has 8 heteroatoms. The fraction of sp³-hybridized carbons (Fsp3) is 0.833. The molecule has 4 nitrogen and oxygen atoms in total. The lowest BCUT2D eigenvalue weighted by Gasteiger charge is -2.27. The number of nitrogens with zero attached hydrogens (tertiary/aromatic N) is 4. The van der Waals surface area contributed by atoms with E-state index in [-0.39, 0.29) is 0 Å². The molecule has 114 valence electrons. The average Bonchev–Trinajstić information content (AvgIpc) is 2.81. The third-order valence-electron chi connectivity index (χ3n) is 3.47. The first-order chi connectivity index (χ1) is 9.52. The summed E-state index contributed by atoms with van der Waals surface area (Å²) >= 11 is 4.16. The maximum absolute atomic E-state index is 12.7. The fourth-order valence-corrected chi connectivity index (χ4v) is 2.63. The van der Waals surface area contributed by atoms with Crippen molar-refractivity contribution in [3.05, 3.63) is 11.6 Å². The summed E-state index contributed by atoms with van der Waals surface area (Å²) in [4.78, 5) is 2.14. The van der Waals surface area contributed by atoms with Crippen molar-refractivity contribution in [1.82, 2.24) is 19.7 Å². The number of thiol groups is 1. The molecular weight excluding hydrogens is 289 g/mol. The van der Waals surface area contributed by atoms with Gasteiger partial charge in [-0.2, -0.15) is 25.8 Å². The highest BCUT2D eigenvalue weighted by molar-refractivity contribution is 7.80. The van der Waals surface area contributed by atoms with Crippen LogP contribution in [-0.4, -0.2) is 38.5 Å². The molecule has 0 saturated heterocycles. The third kappa shape index (κ3) is 3.88. The van der Waals surface area contributed by atoms with Crippen LogP contribution in [0.5, 0.6) is 0 Å². The minimum atomic E-state index is -4.42. The van der Waals surface area contributed by atoms with Crippen molar-refractivity contribution in [3.63, 3.8) is 0 Å². The molecule has 1 aromatic heterocycles. The van der Waals surface area contributed by atoms with E-state index in [0.717, 1.165) is 38.0 Å². The maximum Gasteiger partial charge on any atom is 0.451 e. The number of rotatable bonds is 6. The summed E-state index contributed by atoms with van der Waals surface area (Å²) in [7, 11) is 0. The number of hydrogen-bond donors (Lipinski definition) is 1. The van der Waals surface area contributed by atoms with Crippen LogP contribution in [0, 0.1) is 0 Å². The quantitative estimate of drug-likeness (QED) is 0.648. The lowest BCUT2D eigenvalue weighted by atomic mass is 10.2. The van der Waals surface area contributed by atoms with E-state index in [9.17, 15) is 13.2 Å². The van der Waals surface area contributed by atoms with E-state index in [1.807, 2.05) is 0 Å². The maximum atomic E-state index is 12.7. The molecule has 0 fully saturated rings. The van der Waals surface area contributed by atoms with Gasteiger partial charge in [-0.1, -0.05) is 12.8 Å². The molecule has 0 radical (unpaired) electrons. The third-order valence-corrected chi connectivity index (χ3v) is 3.78. The molecule has 2 rings (SSSR count). The molecule has 0 N–H and O–H groups in total. The Morgan fingerprint density at radius 2 is 1.80 bits per heavy atom. The fourth-order valence-electron chi connectivity index (χ4n) is 2.41. The lowest BCUT2D eigenvalue weighted by Crippen LogP contribution is -2.35. The van der Waals surface area contributed by atoms with Gasteiger partial charge in [0.15, 0.2) is 0 Å². The molecule has 0 atom stereocenters. The molecule has 0 aliphatic carbocycles. The molecule has 1 aromatic rings. The summed E-state index contributed by atoms with van der Waals surface area (Å²) in [6, 6.07) is 0. The van der Waals surface area contributed by atoms with Crippen molar-refractivity contribution in [3.8, 4) is 0 Å². The summed E-state index contributed by atoms with van der Waals surface area (Å²) in [6.07, 6.45) is 0.0595. The van der Waals surface area contributed by atoms with Crippen molar-refractivity contribution in [2.75, 3.05) is 18.8 Å². The second-order valence-corrected chi connectivity index (χ2v) is 5.45.